The summed E-state index contributed by atoms with van der Waals surface area (Å²) in [6, 6.07) is 0.190. The Bertz CT molecular complexity index is 92.5. The molecule has 2 unspecified atom stereocenters. The second kappa shape index (κ2) is 2.29. The molecule has 0 aromatic carbocycles. The Labute approximate surface area is 49.4 Å². The summed E-state index contributed by atoms with van der Waals surface area (Å²) in [5.74, 6) is 0. The van der Waals surface area contributed by atoms with Crippen molar-refractivity contribution in [1.82, 2.24) is 0 Å². The van der Waals surface area contributed by atoms with Crippen LogP contribution in [0.1, 0.15) is 12.8 Å². The van der Waals surface area contributed by atoms with Crippen molar-refractivity contribution >= 4 is 0 Å². The van der Waals surface area contributed by atoms with Crippen molar-refractivity contribution in [2.24, 2.45) is 0 Å². The van der Waals surface area contributed by atoms with Crippen LogP contribution in [0.5, 0.6) is 0 Å². The average Bonchev–Trinajstić information content (AvgIpc) is 2.14. The molecule has 1 aliphatic heterocycles. The lowest BCUT2D eigenvalue weighted by atomic mass is 10.2. The van der Waals surface area contributed by atoms with Crippen LogP contribution in [0.2, 0.25) is 0 Å². The van der Waals surface area contributed by atoms with E-state index in [4.69, 9.17) is 0 Å². The molecule has 1 aliphatic rings. The summed E-state index contributed by atoms with van der Waals surface area (Å²) in [5, 5.41) is 11.1. The molecule has 1 fully saturated rings. The van der Waals surface area contributed by atoms with Crippen molar-refractivity contribution in [1.29, 1.82) is 0 Å². The number of hydrogen-bond donors (Lipinski definition) is 1. The van der Waals surface area contributed by atoms with E-state index in [0.29, 0.717) is 5.06 Å². The van der Waals surface area contributed by atoms with E-state index in [1.165, 1.54) is 0 Å². The van der Waals surface area contributed by atoms with E-state index in [0.717, 1.165) is 19.4 Å². The monoisotopic (exact) mass is 113 g/mol. The van der Waals surface area contributed by atoms with Crippen molar-refractivity contribution in [2.75, 3.05) is 6.54 Å². The minimum atomic E-state index is 0.190. The number of rotatable bonds is 1. The van der Waals surface area contributed by atoms with Gasteiger partial charge in [0.2, 0.25) is 0 Å². The minimum Gasteiger partial charge on any atom is -0.634 e. The Morgan fingerprint density at radius 2 is 2.50 bits per heavy atom. The molecule has 0 aliphatic carbocycles. The molecule has 0 radical (unpaired) electrons. The van der Waals surface area contributed by atoms with Crippen molar-refractivity contribution in [2.45, 2.75) is 18.9 Å². The molecule has 2 atom stereocenters. The van der Waals surface area contributed by atoms with Gasteiger partial charge in [-0.05, 0) is 6.08 Å². The van der Waals surface area contributed by atoms with Crippen LogP contribution in [-0.2, 0) is 0 Å². The molecule has 1 heterocycles. The lowest BCUT2D eigenvalue weighted by Gasteiger charge is -2.20. The van der Waals surface area contributed by atoms with Crippen LogP contribution in [-0.4, -0.2) is 12.6 Å². The molecule has 0 amide bonds. The molecule has 0 aromatic heterocycles. The summed E-state index contributed by atoms with van der Waals surface area (Å²) >= 11 is 0. The highest BCUT2D eigenvalue weighted by Crippen LogP contribution is 1.98. The molecule has 2 nitrogen and oxygen atoms in total. The molecular formula is C6H11NO. The number of hydroxylamine groups is 2. The van der Waals surface area contributed by atoms with Gasteiger partial charge in [0.05, 0.1) is 6.54 Å². The average molecular weight is 113 g/mol. The van der Waals surface area contributed by atoms with Gasteiger partial charge in [-0.2, -0.15) is 0 Å². The van der Waals surface area contributed by atoms with Gasteiger partial charge in [-0.1, -0.05) is 6.58 Å². The summed E-state index contributed by atoms with van der Waals surface area (Å²) in [7, 11) is 0. The van der Waals surface area contributed by atoms with E-state index in [1.807, 2.05) is 0 Å². The first kappa shape index (κ1) is 5.79. The molecular weight excluding hydrogens is 102 g/mol. The van der Waals surface area contributed by atoms with E-state index < -0.39 is 0 Å². The van der Waals surface area contributed by atoms with E-state index in [9.17, 15) is 5.21 Å². The van der Waals surface area contributed by atoms with Crippen molar-refractivity contribution in [3.05, 3.63) is 17.9 Å². The topological polar surface area (TPSA) is 27.5 Å². The Morgan fingerprint density at radius 3 is 2.75 bits per heavy atom. The molecule has 46 valence electrons. The highest BCUT2D eigenvalue weighted by atomic mass is 16.5. The summed E-state index contributed by atoms with van der Waals surface area (Å²) in [6.45, 7) is 4.35. The Balaban J connectivity index is 2.41. The van der Waals surface area contributed by atoms with Gasteiger partial charge in [-0.25, -0.2) is 0 Å². The number of hydrogen-bond acceptors (Lipinski definition) is 1. The zero-order chi connectivity index (χ0) is 5.98. The van der Waals surface area contributed by atoms with Crippen molar-refractivity contribution in [3.8, 4) is 0 Å². The predicted molar refractivity (Wildman–Crippen MR) is 32.4 cm³/mol. The van der Waals surface area contributed by atoms with Gasteiger partial charge in [0, 0.05) is 12.8 Å². The summed E-state index contributed by atoms with van der Waals surface area (Å²) in [5.41, 5.74) is 0. The fraction of sp³-hybridized carbons (Fsp3) is 0.667. The van der Waals surface area contributed by atoms with Gasteiger partial charge >= 0.3 is 0 Å². The molecule has 0 aromatic rings. The maximum atomic E-state index is 10.7. The third kappa shape index (κ3) is 0.904. The standard InChI is InChI=1S/C6H11NO/c1-2-6-4-3-5-7(6)8/h2,6-7H,1,3-5H2. The summed E-state index contributed by atoms with van der Waals surface area (Å²) in [4.78, 5) is 0. The third-order valence-electron chi connectivity index (χ3n) is 1.64. The molecule has 1 rings (SSSR count). The number of nitrogens with one attached hydrogen (secondary N) is 1. The second-order valence-corrected chi connectivity index (χ2v) is 2.20. The van der Waals surface area contributed by atoms with E-state index in [1.54, 1.807) is 6.08 Å². The largest absolute Gasteiger partial charge is 0.634 e. The van der Waals surface area contributed by atoms with Crippen LogP contribution < -0.4 is 5.06 Å². The normalized spacial score (nSPS) is 37.6. The highest BCUT2D eigenvalue weighted by Gasteiger charge is 2.17. The Hall–Kier alpha value is -0.340. The maximum absolute atomic E-state index is 10.7. The van der Waals surface area contributed by atoms with Crippen LogP contribution in [0.4, 0.5) is 0 Å². The van der Waals surface area contributed by atoms with E-state index >= 15 is 0 Å². The molecule has 8 heavy (non-hydrogen) atoms. The summed E-state index contributed by atoms with van der Waals surface area (Å²) in [6.07, 6.45) is 3.85. The summed E-state index contributed by atoms with van der Waals surface area (Å²) < 4.78 is 0. The molecule has 1 saturated heterocycles. The van der Waals surface area contributed by atoms with Gasteiger partial charge in [-0.3, -0.25) is 0 Å². The van der Waals surface area contributed by atoms with Gasteiger partial charge in [0.15, 0.2) is 0 Å². The highest BCUT2D eigenvalue weighted by molar-refractivity contribution is 4.80. The first-order valence-electron chi connectivity index (χ1n) is 3.00. The van der Waals surface area contributed by atoms with Crippen LogP contribution >= 0.6 is 0 Å². The Morgan fingerprint density at radius 1 is 1.75 bits per heavy atom. The molecule has 0 bridgehead atoms. The molecule has 1 N–H and O–H groups in total. The van der Waals surface area contributed by atoms with Crippen LogP contribution in [0, 0.1) is 5.21 Å². The van der Waals surface area contributed by atoms with Crippen molar-refractivity contribution < 1.29 is 5.06 Å². The maximum Gasteiger partial charge on any atom is 0.106 e. The van der Waals surface area contributed by atoms with Gasteiger partial charge in [0.25, 0.3) is 0 Å². The fourth-order valence-corrected chi connectivity index (χ4v) is 1.09. The quantitative estimate of drug-likeness (QED) is 0.367. The molecule has 2 heteroatoms. The first-order chi connectivity index (χ1) is 3.84. The van der Waals surface area contributed by atoms with Crippen LogP contribution in [0.3, 0.4) is 0 Å². The van der Waals surface area contributed by atoms with Crippen LogP contribution in [0.25, 0.3) is 0 Å². The van der Waals surface area contributed by atoms with Crippen molar-refractivity contribution in [3.63, 3.8) is 0 Å². The van der Waals surface area contributed by atoms with Gasteiger partial charge in [-0.15, -0.1) is 0 Å². The second-order valence-electron chi connectivity index (χ2n) is 2.20. The van der Waals surface area contributed by atoms with Gasteiger partial charge < -0.3 is 10.3 Å². The smallest absolute Gasteiger partial charge is 0.106 e. The lowest BCUT2D eigenvalue weighted by molar-refractivity contribution is -0.853. The molecule has 0 spiro atoms. The van der Waals surface area contributed by atoms with E-state index in [2.05, 4.69) is 6.58 Å². The number of quaternary nitrogens is 1. The van der Waals surface area contributed by atoms with E-state index in [-0.39, 0.29) is 6.04 Å². The SMILES string of the molecule is C=CC1CCC[NH+]1[O-]. The Kier molecular flexibility index (Phi) is 1.65. The first-order valence-corrected chi connectivity index (χ1v) is 3.00. The zero-order valence-corrected chi connectivity index (χ0v) is 4.89. The fourth-order valence-electron chi connectivity index (χ4n) is 1.09. The van der Waals surface area contributed by atoms with Gasteiger partial charge in [0.1, 0.15) is 6.04 Å². The lowest BCUT2D eigenvalue weighted by Crippen LogP contribution is -3.08. The molecule has 0 saturated carbocycles. The predicted octanol–water partition coefficient (Wildman–Crippen LogP) is -0.282. The minimum absolute atomic E-state index is 0.190. The van der Waals surface area contributed by atoms with Crippen LogP contribution in [0.15, 0.2) is 12.7 Å². The zero-order valence-electron chi connectivity index (χ0n) is 4.89. The third-order valence-corrected chi connectivity index (χ3v) is 1.64.